The van der Waals surface area contributed by atoms with Crippen LogP contribution in [-0.2, 0) is 15.1 Å². The molecule has 0 atom stereocenters. The fraction of sp³-hybridized carbons (Fsp3) is 0.0385. The van der Waals surface area contributed by atoms with Gasteiger partial charge in [-0.15, -0.1) is 6.16 Å². The third-order valence-corrected chi connectivity index (χ3v) is 9.59. The van der Waals surface area contributed by atoms with Crippen LogP contribution in [0.4, 0.5) is 0 Å². The second-order valence-corrected chi connectivity index (χ2v) is 13.4. The fourth-order valence-electron chi connectivity index (χ4n) is 3.28. The van der Waals surface area contributed by atoms with Gasteiger partial charge in [-0.2, -0.15) is 0 Å². The fourth-order valence-corrected chi connectivity index (χ4v) is 8.07. The van der Waals surface area contributed by atoms with E-state index in [2.05, 4.69) is 127 Å². The smallest absolute Gasteiger partial charge is 0.0220 e. The zero-order valence-electron chi connectivity index (χ0n) is 16.8. The van der Waals surface area contributed by atoms with Gasteiger partial charge in [0.25, 0.3) is 0 Å². The van der Waals surface area contributed by atoms with Crippen LogP contribution in [0.15, 0.2) is 121 Å². The molecule has 4 rings (SSSR count). The summed E-state index contributed by atoms with van der Waals surface area (Å²) in [7, 11) is 8.79. The van der Waals surface area contributed by atoms with Gasteiger partial charge in [-0.25, -0.2) is 7.92 Å². The maximum absolute atomic E-state index is 4.83. The van der Waals surface area contributed by atoms with Crippen molar-refractivity contribution >= 4 is 56.4 Å². The predicted molar refractivity (Wildman–Crippen MR) is 139 cm³/mol. The third kappa shape index (κ3) is 7.79. The van der Waals surface area contributed by atoms with Crippen molar-refractivity contribution in [1.29, 1.82) is 0 Å². The van der Waals surface area contributed by atoms with E-state index in [4.69, 9.17) is 19.4 Å². The van der Waals surface area contributed by atoms with Crippen LogP contribution in [0.5, 0.6) is 0 Å². The zero-order valence-corrected chi connectivity index (χ0v) is 21.8. The van der Waals surface area contributed by atoms with E-state index in [-0.39, 0.29) is 15.1 Å². The first-order chi connectivity index (χ1) is 15.3. The number of benzene rings is 4. The number of rotatable bonds is 7. The maximum Gasteiger partial charge on any atom is -0.0220 e. The van der Waals surface area contributed by atoms with Crippen molar-refractivity contribution in [3.63, 3.8) is 0 Å². The van der Waals surface area contributed by atoms with Crippen LogP contribution >= 0.6 is 35.2 Å². The summed E-state index contributed by atoms with van der Waals surface area (Å²) in [6, 6.07) is 43.8. The molecule has 5 heteroatoms. The van der Waals surface area contributed by atoms with E-state index in [1.54, 1.807) is 0 Å². The molecular weight excluding hydrogens is 548 g/mol. The molecule has 0 N–H and O–H groups in total. The van der Waals surface area contributed by atoms with Gasteiger partial charge in [0.15, 0.2) is 0 Å². The molecule has 4 aromatic carbocycles. The van der Waals surface area contributed by atoms with Crippen molar-refractivity contribution in [1.82, 2.24) is 0 Å². The molecule has 0 nitrogen and oxygen atoms in total. The summed E-state index contributed by atoms with van der Waals surface area (Å²) >= 11 is -0.226. The molecule has 160 valence electrons. The van der Waals surface area contributed by atoms with Crippen LogP contribution in [0.3, 0.4) is 0 Å². The maximum atomic E-state index is 4.83. The monoisotopic (exact) mass is 570 g/mol. The van der Waals surface area contributed by atoms with Gasteiger partial charge in [0.1, 0.15) is 0 Å². The summed E-state index contributed by atoms with van der Waals surface area (Å²) in [4.78, 5) is 0. The molecule has 0 amide bonds. The van der Waals surface area contributed by atoms with Crippen molar-refractivity contribution < 1.29 is 15.1 Å². The Morgan fingerprint density at radius 1 is 0.516 bits per heavy atom. The zero-order chi connectivity index (χ0) is 21.7. The van der Waals surface area contributed by atoms with Crippen molar-refractivity contribution in [3.05, 3.63) is 127 Å². The summed E-state index contributed by atoms with van der Waals surface area (Å²) in [6.45, 7) is 0. The molecule has 0 saturated heterocycles. The summed E-state index contributed by atoms with van der Waals surface area (Å²) in [5.74, 6) is 0. The first-order valence-corrected chi connectivity index (χ1v) is 16.9. The second kappa shape index (κ2) is 14.2. The number of hydrogen-bond donors (Lipinski definition) is 0. The molecule has 4 aromatic rings. The predicted octanol–water partition coefficient (Wildman–Crippen LogP) is 6.79. The molecule has 0 unspecified atom stereocenters. The van der Waals surface area contributed by atoms with E-state index in [0.29, 0.717) is 0 Å². The van der Waals surface area contributed by atoms with Gasteiger partial charge in [-0.05, 0) is 10.6 Å². The Morgan fingerprint density at radius 2 is 0.806 bits per heavy atom. The average molecular weight is 571 g/mol. The topological polar surface area (TPSA) is 0 Å². The Labute approximate surface area is 204 Å². The molecule has 0 aliphatic carbocycles. The molecule has 0 aliphatic heterocycles. The van der Waals surface area contributed by atoms with Crippen LogP contribution in [0.2, 0.25) is 0 Å². The second-order valence-electron chi connectivity index (χ2n) is 6.55. The van der Waals surface area contributed by atoms with Crippen molar-refractivity contribution in [2.45, 2.75) is 0 Å². The first kappa shape index (κ1) is 24.6. The minimum absolute atomic E-state index is 0.226. The van der Waals surface area contributed by atoms with Gasteiger partial charge in [-0.3, -0.25) is 6.16 Å². The Balaban J connectivity index is 0.000000858. The van der Waals surface area contributed by atoms with E-state index in [9.17, 15) is 0 Å². The Hall–Kier alpha value is -1.06. The van der Waals surface area contributed by atoms with E-state index < -0.39 is 15.8 Å². The van der Waals surface area contributed by atoms with E-state index >= 15 is 0 Å². The molecule has 0 radical (unpaired) electrons. The molecule has 0 aromatic heterocycles. The molecule has 0 spiro atoms. The van der Waals surface area contributed by atoms with Gasteiger partial charge in [0.05, 0.1) is 0 Å². The van der Waals surface area contributed by atoms with Crippen LogP contribution in [0.25, 0.3) is 0 Å². The Bertz CT molecular complexity index is 825. The molecular formula is C26H23Cl2P2Rh. The molecule has 31 heavy (non-hydrogen) atoms. The molecule has 0 bridgehead atoms. The van der Waals surface area contributed by atoms with E-state index in [0.717, 1.165) is 6.16 Å². The first-order valence-electron chi connectivity index (χ1n) is 9.77. The van der Waals surface area contributed by atoms with Gasteiger partial charge in [0, 0.05) is 0 Å². The summed E-state index contributed by atoms with van der Waals surface area (Å²) in [6.07, 6.45) is 3.66. The number of halogens is 2. The van der Waals surface area contributed by atoms with Crippen molar-refractivity contribution in [3.8, 4) is 0 Å². The minimum atomic E-state index is -0.473. The molecule has 0 fully saturated rings. The van der Waals surface area contributed by atoms with Crippen LogP contribution in [0, 0.1) is 6.16 Å². The van der Waals surface area contributed by atoms with Gasteiger partial charge in [-0.1, -0.05) is 140 Å². The SMILES string of the molecule is [Cl][Rh+][Cl].c1ccc(P([CH-]CP(c2ccccc2)c2ccccc2)c2ccccc2)cc1. The Kier molecular flexibility index (Phi) is 11.2. The minimum Gasteiger partial charge on any atom is -0.289 e. The number of hydrogen-bond acceptors (Lipinski definition) is 0. The summed E-state index contributed by atoms with van der Waals surface area (Å²) < 4.78 is 0. The van der Waals surface area contributed by atoms with E-state index in [1.165, 1.54) is 21.2 Å². The molecule has 0 aliphatic rings. The molecule has 0 heterocycles. The summed E-state index contributed by atoms with van der Waals surface area (Å²) in [5.41, 5.74) is 0. The standard InChI is InChI=1S/C26H23P2.2ClH.Rh/c1-5-13-23(14-6-1)27(24-15-7-2-8-16-24)21-22-28(25-17-9-3-10-18-25)26-19-11-4-12-20-26;;;/h1-21H,22H2;2*1H;/q-1;;;+3/p-2. The van der Waals surface area contributed by atoms with Gasteiger partial charge >= 0.3 is 34.5 Å². The Morgan fingerprint density at radius 3 is 1.13 bits per heavy atom. The third-order valence-electron chi connectivity index (χ3n) is 4.65. The van der Waals surface area contributed by atoms with Crippen molar-refractivity contribution in [2.24, 2.45) is 0 Å². The van der Waals surface area contributed by atoms with Gasteiger partial charge < -0.3 is 0 Å². The van der Waals surface area contributed by atoms with Crippen LogP contribution < -0.4 is 21.2 Å². The van der Waals surface area contributed by atoms with E-state index in [1.807, 2.05) is 0 Å². The van der Waals surface area contributed by atoms with Crippen LogP contribution in [-0.4, -0.2) is 6.16 Å². The summed E-state index contributed by atoms with van der Waals surface area (Å²) in [5, 5.41) is 5.71. The van der Waals surface area contributed by atoms with Crippen molar-refractivity contribution in [2.75, 3.05) is 6.16 Å². The quantitative estimate of drug-likeness (QED) is 0.130. The largest absolute Gasteiger partial charge is 0.289 e. The normalized spacial score (nSPS) is 10.7. The van der Waals surface area contributed by atoms with Crippen LogP contribution in [0.1, 0.15) is 0 Å². The molecule has 0 saturated carbocycles. The average Bonchev–Trinajstić information content (AvgIpc) is 2.85. The van der Waals surface area contributed by atoms with Gasteiger partial charge in [0.2, 0.25) is 0 Å².